The summed E-state index contributed by atoms with van der Waals surface area (Å²) >= 11 is 3.63. The molecule has 17 heavy (non-hydrogen) atoms. The van der Waals surface area contributed by atoms with E-state index in [4.69, 9.17) is 5.84 Å². The molecular weight excluding hydrogens is 248 g/mol. The van der Waals surface area contributed by atoms with E-state index < -0.39 is 0 Å². The van der Waals surface area contributed by atoms with E-state index in [2.05, 4.69) is 33.7 Å². The lowest BCUT2D eigenvalue weighted by Gasteiger charge is -2.30. The first kappa shape index (κ1) is 11.4. The summed E-state index contributed by atoms with van der Waals surface area (Å²) in [5.41, 5.74) is 5.85. The van der Waals surface area contributed by atoms with Crippen molar-refractivity contribution in [2.75, 3.05) is 0 Å². The molecule has 2 heterocycles. The Bertz CT molecular complexity index is 475. The minimum atomic E-state index is 0.259. The van der Waals surface area contributed by atoms with Crippen molar-refractivity contribution >= 4 is 22.7 Å². The molecule has 3 rings (SSSR count). The van der Waals surface area contributed by atoms with E-state index in [0.29, 0.717) is 5.92 Å². The number of rotatable bonds is 3. The lowest BCUT2D eigenvalue weighted by atomic mass is 9.81. The molecule has 0 spiro atoms. The maximum Gasteiger partial charge on any atom is 0.0537 e. The predicted molar refractivity (Wildman–Crippen MR) is 74.4 cm³/mol. The second-order valence-electron chi connectivity index (χ2n) is 4.50. The Balaban J connectivity index is 1.94. The molecular formula is C13H16N2S2. The molecule has 0 fully saturated rings. The van der Waals surface area contributed by atoms with Crippen LogP contribution in [0.15, 0.2) is 28.3 Å². The smallest absolute Gasteiger partial charge is 0.0537 e. The van der Waals surface area contributed by atoms with Crippen LogP contribution in [0.2, 0.25) is 0 Å². The summed E-state index contributed by atoms with van der Waals surface area (Å²) in [5, 5.41) is 6.53. The van der Waals surface area contributed by atoms with E-state index in [1.54, 1.807) is 16.2 Å². The minimum absolute atomic E-state index is 0.259. The number of nitrogens with two attached hydrogens (primary N) is 1. The fourth-order valence-electron chi connectivity index (χ4n) is 2.76. The number of hydrazine groups is 1. The quantitative estimate of drug-likeness (QED) is 0.658. The Kier molecular flexibility index (Phi) is 3.29. The van der Waals surface area contributed by atoms with Gasteiger partial charge >= 0.3 is 0 Å². The molecule has 1 aliphatic rings. The van der Waals surface area contributed by atoms with Gasteiger partial charge in [0, 0.05) is 10.8 Å². The van der Waals surface area contributed by atoms with Crippen LogP contribution < -0.4 is 11.3 Å². The first-order chi connectivity index (χ1) is 8.40. The maximum absolute atomic E-state index is 5.78. The average Bonchev–Trinajstić information content (AvgIpc) is 3.00. The van der Waals surface area contributed by atoms with Crippen molar-refractivity contribution in [1.29, 1.82) is 0 Å². The maximum atomic E-state index is 5.78. The highest BCUT2D eigenvalue weighted by molar-refractivity contribution is 7.10. The predicted octanol–water partition coefficient (Wildman–Crippen LogP) is 3.43. The molecule has 90 valence electrons. The van der Waals surface area contributed by atoms with Gasteiger partial charge in [-0.1, -0.05) is 0 Å². The molecule has 0 radical (unpaired) electrons. The van der Waals surface area contributed by atoms with Gasteiger partial charge in [0.2, 0.25) is 0 Å². The Morgan fingerprint density at radius 3 is 3.06 bits per heavy atom. The standard InChI is InChI=1S/C13H16N2S2/c14-15-13(9-4-6-16-8-9)11-2-1-3-12-10(11)5-7-17-12/h4-8,11,13,15H,1-3,14H2. The van der Waals surface area contributed by atoms with Gasteiger partial charge < -0.3 is 0 Å². The van der Waals surface area contributed by atoms with Crippen LogP contribution >= 0.6 is 22.7 Å². The summed E-state index contributed by atoms with van der Waals surface area (Å²) in [7, 11) is 0. The molecule has 0 aliphatic heterocycles. The van der Waals surface area contributed by atoms with Crippen LogP contribution in [0.4, 0.5) is 0 Å². The average molecular weight is 264 g/mol. The Morgan fingerprint density at radius 2 is 2.29 bits per heavy atom. The largest absolute Gasteiger partial charge is 0.271 e. The van der Waals surface area contributed by atoms with Crippen LogP contribution in [0.3, 0.4) is 0 Å². The van der Waals surface area contributed by atoms with Gasteiger partial charge in [0.1, 0.15) is 0 Å². The van der Waals surface area contributed by atoms with E-state index >= 15 is 0 Å². The van der Waals surface area contributed by atoms with Gasteiger partial charge in [0.05, 0.1) is 6.04 Å². The monoisotopic (exact) mass is 264 g/mol. The Morgan fingerprint density at radius 1 is 1.35 bits per heavy atom. The van der Waals surface area contributed by atoms with Crippen LogP contribution in [-0.2, 0) is 6.42 Å². The molecule has 0 amide bonds. The third-order valence-corrected chi connectivity index (χ3v) is 5.28. The molecule has 2 atom stereocenters. The van der Waals surface area contributed by atoms with E-state index in [0.717, 1.165) is 0 Å². The van der Waals surface area contributed by atoms with Crippen molar-refractivity contribution in [3.05, 3.63) is 44.3 Å². The number of hydrogen-bond acceptors (Lipinski definition) is 4. The summed E-state index contributed by atoms with van der Waals surface area (Å²) in [5.74, 6) is 6.31. The molecule has 0 bridgehead atoms. The van der Waals surface area contributed by atoms with E-state index in [1.807, 2.05) is 11.3 Å². The van der Waals surface area contributed by atoms with Crippen LogP contribution in [0, 0.1) is 0 Å². The van der Waals surface area contributed by atoms with Crippen molar-refractivity contribution in [2.45, 2.75) is 31.2 Å². The number of aryl methyl sites for hydroxylation is 1. The second-order valence-corrected chi connectivity index (χ2v) is 6.28. The van der Waals surface area contributed by atoms with Gasteiger partial charge in [-0.05, 0) is 58.7 Å². The summed E-state index contributed by atoms with van der Waals surface area (Å²) in [6.45, 7) is 0. The van der Waals surface area contributed by atoms with Crippen LogP contribution in [0.1, 0.15) is 40.8 Å². The summed E-state index contributed by atoms with van der Waals surface area (Å²) < 4.78 is 0. The van der Waals surface area contributed by atoms with Gasteiger partial charge in [0.25, 0.3) is 0 Å². The summed E-state index contributed by atoms with van der Waals surface area (Å²) in [6, 6.07) is 4.71. The van der Waals surface area contributed by atoms with Gasteiger partial charge in [-0.25, -0.2) is 0 Å². The normalized spacial score (nSPS) is 21.1. The Labute approximate surface area is 109 Å². The van der Waals surface area contributed by atoms with Gasteiger partial charge in [0.15, 0.2) is 0 Å². The summed E-state index contributed by atoms with van der Waals surface area (Å²) in [6.07, 6.45) is 3.75. The molecule has 2 nitrogen and oxygen atoms in total. The van der Waals surface area contributed by atoms with Crippen molar-refractivity contribution < 1.29 is 0 Å². The molecule has 0 aromatic carbocycles. The van der Waals surface area contributed by atoms with Crippen molar-refractivity contribution in [1.82, 2.24) is 5.43 Å². The zero-order valence-corrected chi connectivity index (χ0v) is 11.2. The zero-order chi connectivity index (χ0) is 11.7. The molecule has 0 saturated carbocycles. The van der Waals surface area contributed by atoms with Crippen LogP contribution in [-0.4, -0.2) is 0 Å². The highest BCUT2D eigenvalue weighted by Gasteiger charge is 2.29. The topological polar surface area (TPSA) is 38.0 Å². The number of nitrogens with one attached hydrogen (secondary N) is 1. The fourth-order valence-corrected chi connectivity index (χ4v) is 4.46. The molecule has 4 heteroatoms. The second kappa shape index (κ2) is 4.90. The number of fused-ring (bicyclic) bond motifs is 1. The third kappa shape index (κ3) is 2.06. The first-order valence-electron chi connectivity index (χ1n) is 5.94. The number of hydrogen-bond donors (Lipinski definition) is 2. The number of thiophene rings is 2. The lowest BCUT2D eigenvalue weighted by molar-refractivity contribution is 0.411. The molecule has 0 saturated heterocycles. The first-order valence-corrected chi connectivity index (χ1v) is 7.77. The lowest BCUT2D eigenvalue weighted by Crippen LogP contribution is -2.33. The summed E-state index contributed by atoms with van der Waals surface area (Å²) in [4.78, 5) is 1.55. The van der Waals surface area contributed by atoms with Crippen molar-refractivity contribution in [3.63, 3.8) is 0 Å². The van der Waals surface area contributed by atoms with Crippen molar-refractivity contribution in [3.8, 4) is 0 Å². The van der Waals surface area contributed by atoms with Crippen LogP contribution in [0.25, 0.3) is 0 Å². The Hall–Kier alpha value is -0.680. The molecule has 2 unspecified atom stereocenters. The third-order valence-electron chi connectivity index (χ3n) is 3.58. The van der Waals surface area contributed by atoms with E-state index in [9.17, 15) is 0 Å². The highest BCUT2D eigenvalue weighted by Crippen LogP contribution is 2.42. The highest BCUT2D eigenvalue weighted by atomic mass is 32.1. The molecule has 1 aliphatic carbocycles. The van der Waals surface area contributed by atoms with E-state index in [1.165, 1.54) is 30.4 Å². The fraction of sp³-hybridized carbons (Fsp3) is 0.385. The van der Waals surface area contributed by atoms with Gasteiger partial charge in [-0.3, -0.25) is 11.3 Å². The SMILES string of the molecule is NNC(c1ccsc1)C1CCCc2sccc21. The molecule has 2 aromatic rings. The van der Waals surface area contributed by atoms with Gasteiger partial charge in [-0.2, -0.15) is 11.3 Å². The zero-order valence-electron chi connectivity index (χ0n) is 9.56. The molecule has 2 aromatic heterocycles. The van der Waals surface area contributed by atoms with Gasteiger partial charge in [-0.15, -0.1) is 11.3 Å². The van der Waals surface area contributed by atoms with Crippen molar-refractivity contribution in [2.24, 2.45) is 5.84 Å². The van der Waals surface area contributed by atoms with E-state index in [-0.39, 0.29) is 6.04 Å². The minimum Gasteiger partial charge on any atom is -0.271 e. The van der Waals surface area contributed by atoms with Crippen LogP contribution in [0.5, 0.6) is 0 Å². The molecule has 3 N–H and O–H groups in total.